The lowest BCUT2D eigenvalue weighted by Crippen LogP contribution is -1.93. The van der Waals surface area contributed by atoms with Gasteiger partial charge in [-0.1, -0.05) is 170 Å². The first-order chi connectivity index (χ1) is 27.0. The molecular formula is C46H28. The van der Waals surface area contributed by atoms with E-state index >= 15 is 0 Å². The number of rotatable bonds is 3. The van der Waals surface area contributed by atoms with E-state index in [9.17, 15) is 6.85 Å². The Morgan fingerprint density at radius 3 is 1.70 bits per heavy atom. The first-order valence-electron chi connectivity index (χ1n) is 20.2. The van der Waals surface area contributed by atoms with E-state index in [-0.39, 0.29) is 56.0 Å². The van der Waals surface area contributed by atoms with Gasteiger partial charge >= 0.3 is 0 Å². The van der Waals surface area contributed by atoms with Crippen molar-refractivity contribution in [2.24, 2.45) is 0 Å². The maximum absolute atomic E-state index is 9.68. The normalized spacial score (nSPS) is 15.0. The van der Waals surface area contributed by atoms with Crippen LogP contribution in [0.1, 0.15) is 13.7 Å². The summed E-state index contributed by atoms with van der Waals surface area (Å²) in [6.45, 7) is 0. The van der Waals surface area contributed by atoms with Gasteiger partial charge in [0.2, 0.25) is 0 Å². The van der Waals surface area contributed by atoms with E-state index in [1.165, 1.54) is 0 Å². The maximum Gasteiger partial charge on any atom is 0.0630 e. The zero-order valence-electron chi connectivity index (χ0n) is 34.4. The second-order valence-electron chi connectivity index (χ2n) is 11.7. The van der Waals surface area contributed by atoms with Crippen LogP contribution in [0.25, 0.3) is 98.0 Å². The molecule has 0 fully saturated rings. The Hall–Kier alpha value is -5.98. The van der Waals surface area contributed by atoms with Gasteiger partial charge in [-0.25, -0.2) is 0 Å². The Morgan fingerprint density at radius 2 is 0.913 bits per heavy atom. The van der Waals surface area contributed by atoms with E-state index in [0.29, 0.717) is 16.7 Å². The van der Waals surface area contributed by atoms with Crippen LogP contribution in [0.3, 0.4) is 0 Å². The van der Waals surface area contributed by atoms with Gasteiger partial charge in [0.1, 0.15) is 0 Å². The highest BCUT2D eigenvalue weighted by atomic mass is 14.2. The summed E-state index contributed by atoms with van der Waals surface area (Å²) in [7, 11) is 0. The summed E-state index contributed by atoms with van der Waals surface area (Å²) in [5, 5.41) is 6.34. The maximum atomic E-state index is 9.68. The highest BCUT2D eigenvalue weighted by molar-refractivity contribution is 6.32. The lowest BCUT2D eigenvalue weighted by molar-refractivity contribution is 1.61. The molecule has 10 rings (SSSR count). The van der Waals surface area contributed by atoms with Gasteiger partial charge in [0.25, 0.3) is 0 Å². The van der Waals surface area contributed by atoms with E-state index < -0.39 is 42.3 Å². The summed E-state index contributed by atoms with van der Waals surface area (Å²) in [5.74, 6) is 0. The van der Waals surface area contributed by atoms with Gasteiger partial charge < -0.3 is 0 Å². The molecule has 0 atom stereocenters. The van der Waals surface area contributed by atoms with Gasteiger partial charge in [-0.05, 0) is 98.0 Å². The average molecular weight is 591 g/mol. The molecule has 0 N–H and O–H groups in total. The van der Waals surface area contributed by atoms with Crippen LogP contribution >= 0.6 is 0 Å². The fourth-order valence-corrected chi connectivity index (χ4v) is 7.25. The minimum absolute atomic E-state index is 0.0177. The molecule has 212 valence electrons. The lowest BCUT2D eigenvalue weighted by atomic mass is 9.82. The van der Waals surface area contributed by atoms with Crippen molar-refractivity contribution >= 4 is 64.6 Å². The minimum atomic E-state index is -0.529. The van der Waals surface area contributed by atoms with Crippen LogP contribution in [-0.2, 0) is 0 Å². The zero-order chi connectivity index (χ0) is 38.9. The van der Waals surface area contributed by atoms with E-state index in [2.05, 4.69) is 6.07 Å². The second kappa shape index (κ2) is 9.76. The minimum Gasteiger partial charge on any atom is -0.0622 e. The summed E-state index contributed by atoms with van der Waals surface area (Å²) >= 11 is 0. The van der Waals surface area contributed by atoms with Crippen molar-refractivity contribution in [3.8, 4) is 33.4 Å². The van der Waals surface area contributed by atoms with E-state index in [4.69, 9.17) is 6.85 Å². The van der Waals surface area contributed by atoms with Crippen molar-refractivity contribution in [2.75, 3.05) is 0 Å². The molecule has 0 heterocycles. The number of fused-ring (bicyclic) bond motifs is 4. The monoisotopic (exact) mass is 590 g/mol. The number of hydrogen-bond donors (Lipinski definition) is 0. The van der Waals surface area contributed by atoms with Gasteiger partial charge in [0.15, 0.2) is 0 Å². The molecule has 10 aromatic rings. The second-order valence-corrected chi connectivity index (χ2v) is 11.7. The molecule has 0 bridgehead atoms. The Balaban J connectivity index is 1.51. The molecule has 0 heteroatoms. The Kier molecular flexibility index (Phi) is 3.71. The Morgan fingerprint density at radius 1 is 0.304 bits per heavy atom. The fourth-order valence-electron chi connectivity index (χ4n) is 7.25. The molecule has 0 spiro atoms. The molecule has 0 aromatic heterocycles. The third-order valence-corrected chi connectivity index (χ3v) is 9.27. The summed E-state index contributed by atoms with van der Waals surface area (Å²) in [4.78, 5) is 0. The van der Waals surface area contributed by atoms with Crippen LogP contribution < -0.4 is 0 Å². The van der Waals surface area contributed by atoms with Crippen molar-refractivity contribution in [3.05, 3.63) is 170 Å². The first-order valence-corrected chi connectivity index (χ1v) is 15.2. The van der Waals surface area contributed by atoms with E-state index in [0.717, 1.165) is 43.4 Å². The number of benzene rings is 10. The number of hydrogen-bond acceptors (Lipinski definition) is 0. The predicted molar refractivity (Wildman–Crippen MR) is 199 cm³/mol. The van der Waals surface area contributed by atoms with Crippen LogP contribution in [0.4, 0.5) is 0 Å². The van der Waals surface area contributed by atoms with Crippen molar-refractivity contribution in [2.45, 2.75) is 0 Å². The zero-order valence-corrected chi connectivity index (χ0v) is 24.4. The summed E-state index contributed by atoms with van der Waals surface area (Å²) in [6.07, 6.45) is 0. The Bertz CT molecular complexity index is 3320. The van der Waals surface area contributed by atoms with Crippen LogP contribution in [-0.4, -0.2) is 0 Å². The molecular weight excluding hydrogens is 553 g/mol. The van der Waals surface area contributed by atoms with Gasteiger partial charge in [-0.15, -0.1) is 0 Å². The van der Waals surface area contributed by atoms with Crippen LogP contribution in [0.15, 0.2) is 170 Å². The van der Waals surface area contributed by atoms with E-state index in [1.54, 1.807) is 0 Å². The summed E-state index contributed by atoms with van der Waals surface area (Å²) in [5.41, 5.74) is 3.58. The summed E-state index contributed by atoms with van der Waals surface area (Å²) in [6, 6.07) is 31.1. The lowest BCUT2D eigenvalue weighted by Gasteiger charge is -2.21. The van der Waals surface area contributed by atoms with Crippen LogP contribution in [0.5, 0.6) is 0 Å². The van der Waals surface area contributed by atoms with Gasteiger partial charge in [-0.3, -0.25) is 0 Å². The van der Waals surface area contributed by atoms with Gasteiger partial charge in [-0.2, -0.15) is 0 Å². The van der Waals surface area contributed by atoms with Gasteiger partial charge in [0.05, 0.1) is 13.7 Å². The Labute approximate surface area is 281 Å². The molecule has 0 unspecified atom stereocenters. The van der Waals surface area contributed by atoms with E-state index in [1.807, 2.05) is 103 Å². The molecule has 10 aromatic carbocycles. The van der Waals surface area contributed by atoms with Crippen molar-refractivity contribution in [3.63, 3.8) is 0 Å². The van der Waals surface area contributed by atoms with Crippen LogP contribution in [0.2, 0.25) is 0 Å². The van der Waals surface area contributed by atoms with Crippen molar-refractivity contribution in [1.29, 1.82) is 0 Å². The first kappa shape index (κ1) is 17.5. The highest BCUT2D eigenvalue weighted by Gasteiger charge is 2.21. The van der Waals surface area contributed by atoms with Crippen molar-refractivity contribution < 1.29 is 13.7 Å². The fraction of sp³-hybridized carbons (Fsp3) is 0. The molecule has 46 heavy (non-hydrogen) atoms. The quantitative estimate of drug-likeness (QED) is 0.142. The standard InChI is InChI=1S/C46H28/c1-2-9-29(10-3-1)30-17-19-34(20-18-30)43-37-15-6-7-16-38(37)46(45-36-14-5-4-11-31(36)23-28-41(43)45)40-27-25-35-22-21-32-12-8-13-33-24-26-39(40)44(35)42(32)33/h1-28H/i4D,5D,6D,7D,11D,14D,15D,16D,23D,28D. The predicted octanol–water partition coefficient (Wildman–Crippen LogP) is 13.0. The third-order valence-electron chi connectivity index (χ3n) is 9.27. The smallest absolute Gasteiger partial charge is 0.0622 e. The van der Waals surface area contributed by atoms with Gasteiger partial charge in [0, 0.05) is 0 Å². The molecule has 0 saturated heterocycles. The molecule has 0 aliphatic carbocycles. The molecule has 0 radical (unpaired) electrons. The molecule has 0 amide bonds. The largest absolute Gasteiger partial charge is 0.0630 e. The molecule has 0 aliphatic heterocycles. The molecule has 0 aliphatic rings. The molecule has 0 saturated carbocycles. The highest BCUT2D eigenvalue weighted by Crippen LogP contribution is 2.49. The van der Waals surface area contributed by atoms with Crippen molar-refractivity contribution in [1.82, 2.24) is 0 Å². The topological polar surface area (TPSA) is 0 Å². The molecule has 0 nitrogen and oxygen atoms in total. The third kappa shape index (κ3) is 3.62. The summed E-state index contributed by atoms with van der Waals surface area (Å²) < 4.78 is 91.6. The average Bonchev–Trinajstić information content (AvgIpc) is 3.23. The van der Waals surface area contributed by atoms with Crippen LogP contribution in [0, 0.1) is 0 Å². The SMILES string of the molecule is [2H]c1c([2H])c([2H])c2c(-c3ccc4ccc5cccc6ccc3c4c56)c3c(c([2H])c([2H])c4c([2H])c([2H])c([2H])c([2H])c43)c(-c3ccc(-c4ccccc4)cc3)c2c1[2H].